The van der Waals surface area contributed by atoms with Crippen molar-refractivity contribution in [2.24, 2.45) is 11.5 Å². The molecule has 1 aliphatic heterocycles. The van der Waals surface area contributed by atoms with Gasteiger partial charge < -0.3 is 16.4 Å². The van der Waals surface area contributed by atoms with E-state index in [9.17, 15) is 9.59 Å². The fourth-order valence-electron chi connectivity index (χ4n) is 1.59. The number of amides is 2. The van der Waals surface area contributed by atoms with E-state index < -0.39 is 18.0 Å². The summed E-state index contributed by atoms with van der Waals surface area (Å²) in [6.07, 6.45) is 1.49. The van der Waals surface area contributed by atoms with Crippen LogP contribution in [-0.2, 0) is 9.59 Å². The van der Waals surface area contributed by atoms with Gasteiger partial charge in [-0.05, 0) is 19.8 Å². The number of hydrogen-bond acceptors (Lipinski definition) is 3. The van der Waals surface area contributed by atoms with Gasteiger partial charge in [0.05, 0.1) is 6.04 Å². The highest BCUT2D eigenvalue weighted by Crippen LogP contribution is 2.17. The summed E-state index contributed by atoms with van der Waals surface area (Å²) in [5, 5.41) is 0. The van der Waals surface area contributed by atoms with Crippen LogP contribution in [0.3, 0.4) is 0 Å². The SMILES string of the molecule is CC(N)C(=O)N1CCCC1C(N)=O.Cl. The Morgan fingerprint density at radius 3 is 2.50 bits per heavy atom. The first kappa shape index (κ1) is 13.2. The van der Waals surface area contributed by atoms with Crippen molar-refractivity contribution in [1.82, 2.24) is 4.90 Å². The van der Waals surface area contributed by atoms with Crippen molar-refractivity contribution in [3.8, 4) is 0 Å². The molecule has 2 atom stereocenters. The maximum Gasteiger partial charge on any atom is 0.240 e. The summed E-state index contributed by atoms with van der Waals surface area (Å²) in [7, 11) is 0. The zero-order chi connectivity index (χ0) is 10.0. The van der Waals surface area contributed by atoms with Crippen molar-refractivity contribution in [3.05, 3.63) is 0 Å². The third-order valence-corrected chi connectivity index (χ3v) is 2.25. The van der Waals surface area contributed by atoms with E-state index in [-0.39, 0.29) is 18.3 Å². The largest absolute Gasteiger partial charge is 0.368 e. The van der Waals surface area contributed by atoms with Crippen LogP contribution in [0, 0.1) is 0 Å². The van der Waals surface area contributed by atoms with Crippen LogP contribution in [-0.4, -0.2) is 35.3 Å². The molecule has 1 heterocycles. The van der Waals surface area contributed by atoms with Gasteiger partial charge in [-0.3, -0.25) is 9.59 Å². The van der Waals surface area contributed by atoms with Crippen molar-refractivity contribution in [1.29, 1.82) is 0 Å². The highest BCUT2D eigenvalue weighted by atomic mass is 35.5. The Bertz CT molecular complexity index is 233. The first-order chi connectivity index (χ1) is 6.04. The third-order valence-electron chi connectivity index (χ3n) is 2.25. The highest BCUT2D eigenvalue weighted by Gasteiger charge is 2.33. The number of halogens is 1. The molecule has 0 aliphatic carbocycles. The first-order valence-electron chi connectivity index (χ1n) is 4.39. The Morgan fingerprint density at radius 2 is 2.07 bits per heavy atom. The van der Waals surface area contributed by atoms with Crippen LogP contribution in [0.1, 0.15) is 19.8 Å². The molecule has 0 radical (unpaired) electrons. The first-order valence-corrected chi connectivity index (χ1v) is 4.39. The molecule has 6 heteroatoms. The third kappa shape index (κ3) is 2.59. The fraction of sp³-hybridized carbons (Fsp3) is 0.750. The molecule has 2 unspecified atom stereocenters. The summed E-state index contributed by atoms with van der Waals surface area (Å²) in [4.78, 5) is 23.9. The Hall–Kier alpha value is -0.810. The van der Waals surface area contributed by atoms with Crippen LogP contribution < -0.4 is 11.5 Å². The summed E-state index contributed by atoms with van der Waals surface area (Å²) in [6, 6.07) is -1.00. The molecule has 82 valence electrons. The Labute approximate surface area is 89.2 Å². The van der Waals surface area contributed by atoms with E-state index in [0.717, 1.165) is 6.42 Å². The summed E-state index contributed by atoms with van der Waals surface area (Å²) >= 11 is 0. The second-order valence-corrected chi connectivity index (χ2v) is 3.38. The average molecular weight is 222 g/mol. The molecular formula is C8H16ClN3O2. The van der Waals surface area contributed by atoms with Gasteiger partial charge >= 0.3 is 0 Å². The molecule has 14 heavy (non-hydrogen) atoms. The molecule has 4 N–H and O–H groups in total. The van der Waals surface area contributed by atoms with Gasteiger partial charge in [0.2, 0.25) is 11.8 Å². The quantitative estimate of drug-likeness (QED) is 0.642. The Morgan fingerprint density at radius 1 is 1.50 bits per heavy atom. The number of likely N-dealkylation sites (tertiary alicyclic amines) is 1. The van der Waals surface area contributed by atoms with Crippen molar-refractivity contribution in [2.45, 2.75) is 31.8 Å². The molecule has 0 aromatic heterocycles. The van der Waals surface area contributed by atoms with E-state index in [2.05, 4.69) is 0 Å². The van der Waals surface area contributed by atoms with Crippen molar-refractivity contribution in [3.63, 3.8) is 0 Å². The number of nitrogens with two attached hydrogens (primary N) is 2. The lowest BCUT2D eigenvalue weighted by atomic mass is 10.2. The lowest BCUT2D eigenvalue weighted by molar-refractivity contribution is -0.138. The lowest BCUT2D eigenvalue weighted by Crippen LogP contribution is -2.49. The van der Waals surface area contributed by atoms with Gasteiger partial charge in [0, 0.05) is 6.54 Å². The average Bonchev–Trinajstić information content (AvgIpc) is 2.50. The summed E-state index contributed by atoms with van der Waals surface area (Å²) in [6.45, 7) is 2.20. The topological polar surface area (TPSA) is 89.4 Å². The molecule has 0 saturated carbocycles. The van der Waals surface area contributed by atoms with E-state index in [1.807, 2.05) is 0 Å². The number of carbonyl (C=O) groups is 2. The molecule has 1 rings (SSSR count). The van der Waals surface area contributed by atoms with Gasteiger partial charge in [-0.25, -0.2) is 0 Å². The van der Waals surface area contributed by atoms with Gasteiger partial charge in [-0.2, -0.15) is 0 Å². The summed E-state index contributed by atoms with van der Waals surface area (Å²) in [5.41, 5.74) is 10.6. The number of hydrogen-bond donors (Lipinski definition) is 2. The lowest BCUT2D eigenvalue weighted by Gasteiger charge is -2.23. The predicted molar refractivity (Wildman–Crippen MR) is 54.8 cm³/mol. The monoisotopic (exact) mass is 221 g/mol. The minimum absolute atomic E-state index is 0. The van der Waals surface area contributed by atoms with E-state index in [1.165, 1.54) is 4.90 Å². The van der Waals surface area contributed by atoms with Crippen LogP contribution in [0.25, 0.3) is 0 Å². The van der Waals surface area contributed by atoms with Crippen LogP contribution in [0.15, 0.2) is 0 Å². The zero-order valence-electron chi connectivity index (χ0n) is 8.10. The summed E-state index contributed by atoms with van der Waals surface area (Å²) < 4.78 is 0. The van der Waals surface area contributed by atoms with Crippen molar-refractivity contribution >= 4 is 24.2 Å². The Kier molecular flexibility index (Phi) is 4.87. The van der Waals surface area contributed by atoms with Gasteiger partial charge in [0.25, 0.3) is 0 Å². The van der Waals surface area contributed by atoms with Crippen molar-refractivity contribution in [2.75, 3.05) is 6.54 Å². The molecular weight excluding hydrogens is 206 g/mol. The van der Waals surface area contributed by atoms with Gasteiger partial charge in [0.15, 0.2) is 0 Å². The molecule has 1 saturated heterocycles. The van der Waals surface area contributed by atoms with Crippen LogP contribution in [0.5, 0.6) is 0 Å². The molecule has 2 amide bonds. The zero-order valence-corrected chi connectivity index (χ0v) is 8.92. The fourth-order valence-corrected chi connectivity index (χ4v) is 1.59. The van der Waals surface area contributed by atoms with Gasteiger partial charge in [0.1, 0.15) is 6.04 Å². The number of primary amides is 1. The maximum absolute atomic E-state index is 11.5. The number of carbonyl (C=O) groups excluding carboxylic acids is 2. The molecule has 0 spiro atoms. The minimum Gasteiger partial charge on any atom is -0.368 e. The Balaban J connectivity index is 0.00000169. The van der Waals surface area contributed by atoms with Gasteiger partial charge in [-0.15, -0.1) is 12.4 Å². The van der Waals surface area contributed by atoms with E-state index in [0.29, 0.717) is 13.0 Å². The van der Waals surface area contributed by atoms with E-state index >= 15 is 0 Å². The highest BCUT2D eigenvalue weighted by molar-refractivity contribution is 5.89. The van der Waals surface area contributed by atoms with Crippen LogP contribution >= 0.6 is 12.4 Å². The van der Waals surface area contributed by atoms with E-state index in [1.54, 1.807) is 6.92 Å². The van der Waals surface area contributed by atoms with E-state index in [4.69, 9.17) is 11.5 Å². The minimum atomic E-state index is -0.556. The van der Waals surface area contributed by atoms with Gasteiger partial charge in [-0.1, -0.05) is 0 Å². The number of rotatable bonds is 2. The predicted octanol–water partition coefficient (Wildman–Crippen LogP) is -0.768. The molecule has 0 bridgehead atoms. The molecule has 0 aromatic carbocycles. The number of nitrogens with zero attached hydrogens (tertiary/aromatic N) is 1. The molecule has 1 fully saturated rings. The van der Waals surface area contributed by atoms with Crippen molar-refractivity contribution < 1.29 is 9.59 Å². The molecule has 1 aliphatic rings. The van der Waals surface area contributed by atoms with Crippen LogP contribution in [0.2, 0.25) is 0 Å². The molecule has 5 nitrogen and oxygen atoms in total. The second kappa shape index (κ2) is 5.17. The standard InChI is InChI=1S/C8H15N3O2.ClH/c1-5(9)8(13)11-4-2-3-6(11)7(10)12;/h5-6H,2-4,9H2,1H3,(H2,10,12);1H. The normalized spacial score (nSPS) is 22.7. The smallest absolute Gasteiger partial charge is 0.240 e. The summed E-state index contributed by atoms with van der Waals surface area (Å²) in [5.74, 6) is -0.632. The van der Waals surface area contributed by atoms with Crippen LogP contribution in [0.4, 0.5) is 0 Å². The molecule has 0 aromatic rings. The maximum atomic E-state index is 11.5. The second-order valence-electron chi connectivity index (χ2n) is 3.38.